The van der Waals surface area contributed by atoms with E-state index in [0.717, 1.165) is 12.6 Å². The summed E-state index contributed by atoms with van der Waals surface area (Å²) in [6.07, 6.45) is 9.30. The second kappa shape index (κ2) is 3.92. The van der Waals surface area contributed by atoms with Gasteiger partial charge in [0.15, 0.2) is 0 Å². The van der Waals surface area contributed by atoms with Gasteiger partial charge in [0, 0.05) is 19.0 Å². The number of rotatable bonds is 1. The maximum Gasteiger partial charge on any atom is 0.0965 e. The molecule has 0 aromatic carbocycles. The highest BCUT2D eigenvalue weighted by molar-refractivity contribution is 5.82. The Bertz CT molecular complexity index is 171. The van der Waals surface area contributed by atoms with Crippen LogP contribution >= 0.6 is 0 Å². The molecule has 1 fully saturated rings. The van der Waals surface area contributed by atoms with Crippen molar-refractivity contribution in [3.05, 3.63) is 0 Å². The molecule has 0 aromatic heterocycles. The van der Waals surface area contributed by atoms with E-state index < -0.39 is 0 Å². The number of aliphatic imine (C=N–C) groups is 1. The zero-order chi connectivity index (χ0) is 8.23. The highest BCUT2D eigenvalue weighted by Gasteiger charge is 2.18. The normalized spacial score (nSPS) is 25.5. The number of hydrogen-bond acceptors (Lipinski definition) is 2. The van der Waals surface area contributed by atoms with Gasteiger partial charge in [0.25, 0.3) is 0 Å². The van der Waals surface area contributed by atoms with E-state index in [2.05, 4.69) is 10.3 Å². The minimum absolute atomic E-state index is 0.766. The Balaban J connectivity index is 1.79. The third kappa shape index (κ3) is 1.99. The van der Waals surface area contributed by atoms with Crippen molar-refractivity contribution >= 4 is 5.84 Å². The van der Waals surface area contributed by atoms with Crippen LogP contribution in [-0.4, -0.2) is 18.4 Å². The van der Waals surface area contributed by atoms with Crippen LogP contribution in [0.2, 0.25) is 0 Å². The number of amidine groups is 1. The summed E-state index contributed by atoms with van der Waals surface area (Å²) in [7, 11) is 0. The number of hydrogen-bond donors (Lipinski definition) is 1. The predicted molar refractivity (Wildman–Crippen MR) is 51.5 cm³/mol. The molecule has 12 heavy (non-hydrogen) atoms. The van der Waals surface area contributed by atoms with Crippen LogP contribution in [0.15, 0.2) is 4.99 Å². The molecule has 68 valence electrons. The van der Waals surface area contributed by atoms with Gasteiger partial charge in [0.05, 0.1) is 5.84 Å². The summed E-state index contributed by atoms with van der Waals surface area (Å²) >= 11 is 0. The topological polar surface area (TPSA) is 24.4 Å². The fraction of sp³-hybridized carbons (Fsp3) is 0.900. The van der Waals surface area contributed by atoms with E-state index in [0.29, 0.717) is 0 Å². The van der Waals surface area contributed by atoms with Crippen LogP contribution in [0, 0.1) is 0 Å². The van der Waals surface area contributed by atoms with Crippen molar-refractivity contribution in [2.24, 2.45) is 4.99 Å². The lowest BCUT2D eigenvalue weighted by Gasteiger charge is -2.27. The molecule has 0 amide bonds. The summed E-state index contributed by atoms with van der Waals surface area (Å²) in [5, 5.41) is 3.55. The Labute approximate surface area is 74.5 Å². The molecule has 2 heteroatoms. The third-order valence-electron chi connectivity index (χ3n) is 2.85. The summed E-state index contributed by atoms with van der Waals surface area (Å²) < 4.78 is 0. The molecule has 0 saturated heterocycles. The largest absolute Gasteiger partial charge is 0.371 e. The Kier molecular flexibility index (Phi) is 2.64. The molecular formula is C10H18N2. The number of nitrogens with one attached hydrogen (secondary N) is 1. The average Bonchev–Trinajstić information content (AvgIpc) is 2.24. The van der Waals surface area contributed by atoms with Crippen LogP contribution in [0.1, 0.15) is 44.9 Å². The van der Waals surface area contributed by atoms with Crippen LogP contribution in [0.5, 0.6) is 0 Å². The molecule has 0 radical (unpaired) electrons. The van der Waals surface area contributed by atoms with Gasteiger partial charge in [0.1, 0.15) is 0 Å². The van der Waals surface area contributed by atoms with Crippen molar-refractivity contribution in [1.29, 1.82) is 0 Å². The molecule has 2 rings (SSSR count). The summed E-state index contributed by atoms with van der Waals surface area (Å²) in [6.45, 7) is 1.05. The minimum atomic E-state index is 0.766. The highest BCUT2D eigenvalue weighted by Crippen LogP contribution is 2.19. The van der Waals surface area contributed by atoms with Gasteiger partial charge in [-0.2, -0.15) is 0 Å². The highest BCUT2D eigenvalue weighted by atomic mass is 15.0. The summed E-state index contributed by atoms with van der Waals surface area (Å²) in [6, 6.07) is 0.766. The zero-order valence-electron chi connectivity index (χ0n) is 7.68. The van der Waals surface area contributed by atoms with Gasteiger partial charge in [-0.25, -0.2) is 0 Å². The van der Waals surface area contributed by atoms with Gasteiger partial charge >= 0.3 is 0 Å². The maximum atomic E-state index is 4.55. The molecule has 1 aliphatic heterocycles. The predicted octanol–water partition coefficient (Wildman–Crippen LogP) is 2.10. The van der Waals surface area contributed by atoms with E-state index in [1.807, 2.05) is 0 Å². The Morgan fingerprint density at radius 2 is 2.00 bits per heavy atom. The Morgan fingerprint density at radius 1 is 1.08 bits per heavy atom. The van der Waals surface area contributed by atoms with Crippen LogP contribution in [0.3, 0.4) is 0 Å². The summed E-state index contributed by atoms with van der Waals surface area (Å²) in [5.41, 5.74) is 0. The average molecular weight is 166 g/mol. The lowest BCUT2D eigenvalue weighted by atomic mass is 9.93. The molecule has 1 N–H and O–H groups in total. The third-order valence-corrected chi connectivity index (χ3v) is 2.85. The molecule has 1 aliphatic carbocycles. The van der Waals surface area contributed by atoms with Crippen LogP contribution < -0.4 is 5.32 Å². The first kappa shape index (κ1) is 8.09. The quantitative estimate of drug-likeness (QED) is 0.634. The first-order valence-corrected chi connectivity index (χ1v) is 5.25. The van der Waals surface area contributed by atoms with E-state index in [1.165, 1.54) is 50.8 Å². The van der Waals surface area contributed by atoms with Crippen molar-refractivity contribution < 1.29 is 0 Å². The summed E-state index contributed by atoms with van der Waals surface area (Å²) in [5.74, 6) is 1.29. The Hall–Kier alpha value is -0.530. The first-order valence-electron chi connectivity index (χ1n) is 5.25. The molecule has 0 bridgehead atoms. The van der Waals surface area contributed by atoms with E-state index in [4.69, 9.17) is 0 Å². The van der Waals surface area contributed by atoms with Crippen molar-refractivity contribution in [3.8, 4) is 0 Å². The molecule has 2 nitrogen and oxygen atoms in total. The van der Waals surface area contributed by atoms with Crippen molar-refractivity contribution in [2.45, 2.75) is 51.0 Å². The van der Waals surface area contributed by atoms with Crippen LogP contribution in [-0.2, 0) is 0 Å². The zero-order valence-corrected chi connectivity index (χ0v) is 7.68. The van der Waals surface area contributed by atoms with E-state index >= 15 is 0 Å². The van der Waals surface area contributed by atoms with Gasteiger partial charge in [-0.1, -0.05) is 6.42 Å². The van der Waals surface area contributed by atoms with Crippen molar-refractivity contribution in [1.82, 2.24) is 5.32 Å². The van der Waals surface area contributed by atoms with E-state index in [9.17, 15) is 0 Å². The van der Waals surface area contributed by atoms with Crippen molar-refractivity contribution in [3.63, 3.8) is 0 Å². The molecule has 1 saturated carbocycles. The molecule has 0 spiro atoms. The molecular weight excluding hydrogens is 148 g/mol. The lowest BCUT2D eigenvalue weighted by molar-refractivity contribution is 0.381. The van der Waals surface area contributed by atoms with Crippen molar-refractivity contribution in [2.75, 3.05) is 6.54 Å². The Morgan fingerprint density at radius 3 is 2.75 bits per heavy atom. The van der Waals surface area contributed by atoms with Crippen LogP contribution in [0.4, 0.5) is 0 Å². The molecule has 0 atom stereocenters. The summed E-state index contributed by atoms with van der Waals surface area (Å²) in [4.78, 5) is 4.55. The van der Waals surface area contributed by atoms with Gasteiger partial charge in [-0.3, -0.25) is 4.99 Å². The van der Waals surface area contributed by atoms with Gasteiger partial charge in [-0.05, 0) is 32.1 Å². The van der Waals surface area contributed by atoms with E-state index in [1.54, 1.807) is 0 Å². The fourth-order valence-corrected chi connectivity index (χ4v) is 1.78. The van der Waals surface area contributed by atoms with E-state index in [-0.39, 0.29) is 0 Å². The monoisotopic (exact) mass is 166 g/mol. The standard InChI is InChI=1S/C10H18N2/c1-2-7-10(11-8-3-1)12-9-5-4-6-9/h9H,1-8H2,(H,11,12). The van der Waals surface area contributed by atoms with Gasteiger partial charge in [0.2, 0.25) is 0 Å². The molecule has 1 heterocycles. The van der Waals surface area contributed by atoms with Gasteiger partial charge < -0.3 is 5.32 Å². The smallest absolute Gasteiger partial charge is 0.0965 e. The lowest BCUT2D eigenvalue weighted by Crippen LogP contribution is -2.39. The SMILES string of the molecule is C1CCN=C(NC2CCC2)CC1. The minimum Gasteiger partial charge on any atom is -0.371 e. The second-order valence-corrected chi connectivity index (χ2v) is 3.91. The fourth-order valence-electron chi connectivity index (χ4n) is 1.78. The first-order chi connectivity index (χ1) is 5.95. The molecule has 0 aromatic rings. The van der Waals surface area contributed by atoms with Crippen LogP contribution in [0.25, 0.3) is 0 Å². The second-order valence-electron chi connectivity index (χ2n) is 3.91. The number of nitrogens with zero attached hydrogens (tertiary/aromatic N) is 1. The maximum absolute atomic E-state index is 4.55. The molecule has 0 unspecified atom stereocenters. The molecule has 2 aliphatic rings. The van der Waals surface area contributed by atoms with Gasteiger partial charge in [-0.15, -0.1) is 0 Å².